The zero-order chi connectivity index (χ0) is 26.8. The lowest BCUT2D eigenvalue weighted by atomic mass is 10.0. The highest BCUT2D eigenvalue weighted by atomic mass is 19.3. The summed E-state index contributed by atoms with van der Waals surface area (Å²) in [7, 11) is 0. The number of nitrogens with zero attached hydrogens (tertiary/aromatic N) is 5. The molecular formula is C28H34F2N8O. The summed E-state index contributed by atoms with van der Waals surface area (Å²) in [5, 5.41) is 10.5. The first-order valence-corrected chi connectivity index (χ1v) is 13.8. The summed E-state index contributed by atoms with van der Waals surface area (Å²) >= 11 is 0. The van der Waals surface area contributed by atoms with Crippen LogP contribution in [0.15, 0.2) is 42.7 Å². The van der Waals surface area contributed by atoms with E-state index in [1.807, 2.05) is 29.2 Å². The first-order chi connectivity index (χ1) is 18.9. The molecule has 2 aliphatic heterocycles. The molecule has 0 bridgehead atoms. The number of amides is 1. The molecule has 0 spiro atoms. The molecule has 3 fully saturated rings. The average molecular weight is 537 g/mol. The number of hydrogen-bond acceptors (Lipinski definition) is 8. The van der Waals surface area contributed by atoms with Crippen LogP contribution in [0.3, 0.4) is 0 Å². The monoisotopic (exact) mass is 536 g/mol. The van der Waals surface area contributed by atoms with E-state index in [1.54, 1.807) is 18.5 Å². The van der Waals surface area contributed by atoms with Crippen molar-refractivity contribution >= 4 is 28.6 Å². The first-order valence-electron chi connectivity index (χ1n) is 13.8. The summed E-state index contributed by atoms with van der Waals surface area (Å²) < 4.78 is 27.9. The van der Waals surface area contributed by atoms with Gasteiger partial charge in [0.15, 0.2) is 0 Å². The van der Waals surface area contributed by atoms with Crippen LogP contribution in [0.1, 0.15) is 47.6 Å². The van der Waals surface area contributed by atoms with Gasteiger partial charge in [0.05, 0.1) is 11.6 Å². The van der Waals surface area contributed by atoms with Gasteiger partial charge in [-0.3, -0.25) is 9.69 Å². The van der Waals surface area contributed by atoms with Gasteiger partial charge in [0.25, 0.3) is 11.8 Å². The van der Waals surface area contributed by atoms with Crippen molar-refractivity contribution in [3.05, 3.63) is 53.9 Å². The van der Waals surface area contributed by atoms with Crippen LogP contribution in [0, 0.1) is 0 Å². The molecule has 1 atom stereocenters. The normalized spacial score (nSPS) is 20.5. The third-order valence-corrected chi connectivity index (χ3v) is 7.77. The molecule has 2 saturated heterocycles. The molecule has 6 rings (SSSR count). The molecule has 0 radical (unpaired) electrons. The number of piperidine rings is 1. The van der Waals surface area contributed by atoms with Crippen molar-refractivity contribution in [1.29, 1.82) is 0 Å². The van der Waals surface area contributed by atoms with Gasteiger partial charge in [0, 0.05) is 93.6 Å². The van der Waals surface area contributed by atoms with E-state index in [9.17, 15) is 13.6 Å². The van der Waals surface area contributed by atoms with Crippen LogP contribution in [0.2, 0.25) is 0 Å². The number of anilines is 2. The fraction of sp³-hybridized carbons (Fsp3) is 0.500. The number of likely N-dealkylation sites (tertiary alicyclic amines) is 1. The number of rotatable bonds is 8. The Morgan fingerprint density at radius 3 is 2.51 bits per heavy atom. The van der Waals surface area contributed by atoms with Crippen molar-refractivity contribution in [2.45, 2.75) is 43.7 Å². The number of carbonyl (C=O) groups excluding carboxylic acids is 1. The van der Waals surface area contributed by atoms with Crippen molar-refractivity contribution < 1.29 is 13.6 Å². The SMILES string of the molecule is O=C(NCC(c1cnc(N2CCNCC2)nc1)N1CCC(F)(F)CC1)c1cccc2nc(NC3CC3)ccc12. The van der Waals surface area contributed by atoms with Crippen LogP contribution in [0.25, 0.3) is 10.9 Å². The number of aromatic nitrogens is 3. The molecule has 1 aliphatic carbocycles. The number of nitrogens with one attached hydrogen (secondary N) is 3. The predicted molar refractivity (Wildman–Crippen MR) is 146 cm³/mol. The zero-order valence-corrected chi connectivity index (χ0v) is 21.9. The molecular weight excluding hydrogens is 502 g/mol. The number of benzene rings is 1. The topological polar surface area (TPSA) is 98.3 Å². The number of pyridine rings is 1. The molecule has 9 nitrogen and oxygen atoms in total. The standard InChI is InChI=1S/C28H34F2N8O/c29-28(30)8-12-37(13-9-28)24(19-16-33-27(34-17-19)38-14-10-31-11-15-38)18-32-26(39)22-2-1-3-23-21(22)6-7-25(36-23)35-20-4-5-20/h1-3,6-7,16-17,20,24,31H,4-5,8-15,18H2,(H,32,39)(H,35,36). The Bertz CT molecular complexity index is 1300. The van der Waals surface area contributed by atoms with E-state index in [0.29, 0.717) is 17.6 Å². The molecule has 3 aliphatic rings. The summed E-state index contributed by atoms with van der Waals surface area (Å²) in [6.07, 6.45) is 5.43. The highest BCUT2D eigenvalue weighted by Gasteiger charge is 2.37. The van der Waals surface area contributed by atoms with Gasteiger partial charge in [-0.05, 0) is 37.1 Å². The molecule has 1 amide bonds. The number of alkyl halides is 2. The molecule has 3 N–H and O–H groups in total. The van der Waals surface area contributed by atoms with Crippen molar-refractivity contribution in [1.82, 2.24) is 30.5 Å². The van der Waals surface area contributed by atoms with Crippen molar-refractivity contribution in [2.24, 2.45) is 0 Å². The maximum Gasteiger partial charge on any atom is 0.252 e. The Hall–Kier alpha value is -3.44. The molecule has 3 aromatic rings. The van der Waals surface area contributed by atoms with E-state index in [-0.39, 0.29) is 44.4 Å². The van der Waals surface area contributed by atoms with Crippen LogP contribution in [-0.2, 0) is 0 Å². The number of carbonyl (C=O) groups is 1. The summed E-state index contributed by atoms with van der Waals surface area (Å²) in [5.41, 5.74) is 2.09. The van der Waals surface area contributed by atoms with Crippen LogP contribution in [0.5, 0.6) is 0 Å². The lowest BCUT2D eigenvalue weighted by Crippen LogP contribution is -2.45. The lowest BCUT2D eigenvalue weighted by molar-refractivity contribution is -0.0632. The van der Waals surface area contributed by atoms with E-state index >= 15 is 0 Å². The van der Waals surface area contributed by atoms with Crippen LogP contribution < -0.4 is 20.9 Å². The zero-order valence-electron chi connectivity index (χ0n) is 21.9. The van der Waals surface area contributed by atoms with E-state index in [0.717, 1.165) is 61.3 Å². The van der Waals surface area contributed by atoms with E-state index in [4.69, 9.17) is 0 Å². The average Bonchev–Trinajstić information content (AvgIpc) is 3.78. The smallest absolute Gasteiger partial charge is 0.252 e. The third-order valence-electron chi connectivity index (χ3n) is 7.77. The van der Waals surface area contributed by atoms with Gasteiger partial charge in [0.2, 0.25) is 5.95 Å². The third kappa shape index (κ3) is 6.09. The fourth-order valence-electron chi connectivity index (χ4n) is 5.31. The Morgan fingerprint density at radius 2 is 1.79 bits per heavy atom. The predicted octanol–water partition coefficient (Wildman–Crippen LogP) is 3.21. The van der Waals surface area contributed by atoms with Gasteiger partial charge in [-0.2, -0.15) is 0 Å². The number of halogens is 2. The van der Waals surface area contributed by atoms with Crippen molar-refractivity contribution in [3.63, 3.8) is 0 Å². The Kier molecular flexibility index (Phi) is 7.26. The minimum absolute atomic E-state index is 0.205. The van der Waals surface area contributed by atoms with Gasteiger partial charge < -0.3 is 20.9 Å². The van der Waals surface area contributed by atoms with E-state index in [2.05, 4.69) is 35.8 Å². The number of fused-ring (bicyclic) bond motifs is 1. The van der Waals surface area contributed by atoms with Gasteiger partial charge in [-0.1, -0.05) is 6.07 Å². The van der Waals surface area contributed by atoms with E-state index < -0.39 is 5.92 Å². The molecule has 11 heteroatoms. The number of hydrogen-bond donors (Lipinski definition) is 3. The Morgan fingerprint density at radius 1 is 1.05 bits per heavy atom. The highest BCUT2D eigenvalue weighted by Crippen LogP contribution is 2.32. The molecule has 2 aromatic heterocycles. The van der Waals surface area contributed by atoms with Gasteiger partial charge >= 0.3 is 0 Å². The molecule has 1 saturated carbocycles. The van der Waals surface area contributed by atoms with E-state index in [1.165, 1.54) is 0 Å². The quantitative estimate of drug-likeness (QED) is 0.404. The van der Waals surface area contributed by atoms with Crippen LogP contribution in [0.4, 0.5) is 20.5 Å². The highest BCUT2D eigenvalue weighted by molar-refractivity contribution is 6.06. The summed E-state index contributed by atoms with van der Waals surface area (Å²) in [4.78, 5) is 31.4. The largest absolute Gasteiger partial charge is 0.367 e. The summed E-state index contributed by atoms with van der Waals surface area (Å²) in [5.74, 6) is -1.41. The Labute approximate surface area is 226 Å². The lowest BCUT2D eigenvalue weighted by Gasteiger charge is -2.37. The Balaban J connectivity index is 1.19. The number of piperazine rings is 1. The van der Waals surface area contributed by atoms with Crippen LogP contribution in [-0.4, -0.2) is 83.5 Å². The van der Waals surface area contributed by atoms with Gasteiger partial charge in [-0.25, -0.2) is 23.7 Å². The van der Waals surface area contributed by atoms with Crippen LogP contribution >= 0.6 is 0 Å². The minimum atomic E-state index is -2.66. The molecule has 4 heterocycles. The van der Waals surface area contributed by atoms with Crippen molar-refractivity contribution in [2.75, 3.05) is 56.0 Å². The second kappa shape index (κ2) is 11.0. The molecule has 39 heavy (non-hydrogen) atoms. The van der Waals surface area contributed by atoms with Gasteiger partial charge in [-0.15, -0.1) is 0 Å². The summed E-state index contributed by atoms with van der Waals surface area (Å²) in [6, 6.07) is 9.53. The maximum atomic E-state index is 13.9. The minimum Gasteiger partial charge on any atom is -0.367 e. The summed E-state index contributed by atoms with van der Waals surface area (Å²) in [6.45, 7) is 4.15. The van der Waals surface area contributed by atoms with Gasteiger partial charge in [0.1, 0.15) is 5.82 Å². The second-order valence-corrected chi connectivity index (χ2v) is 10.7. The fourth-order valence-corrected chi connectivity index (χ4v) is 5.31. The molecule has 1 unspecified atom stereocenters. The second-order valence-electron chi connectivity index (χ2n) is 10.7. The first kappa shape index (κ1) is 25.8. The molecule has 206 valence electrons. The van der Waals surface area contributed by atoms with Crippen molar-refractivity contribution in [3.8, 4) is 0 Å². The molecule has 1 aromatic carbocycles. The maximum absolute atomic E-state index is 13.9.